The summed E-state index contributed by atoms with van der Waals surface area (Å²) in [4.78, 5) is 2.38. The Balaban J connectivity index is 1.67. The lowest BCUT2D eigenvalue weighted by Crippen LogP contribution is -2.53. The quantitative estimate of drug-likeness (QED) is 0.760. The number of hydrogen-bond donors (Lipinski definition) is 1. The zero-order valence-electron chi connectivity index (χ0n) is 10.9. The van der Waals surface area contributed by atoms with Crippen LogP contribution in [0.5, 0.6) is 0 Å². The predicted molar refractivity (Wildman–Crippen MR) is 72.1 cm³/mol. The molecule has 5 heteroatoms. The molecule has 2 heterocycles. The molecule has 0 bridgehead atoms. The molecule has 3 aliphatic rings. The lowest BCUT2D eigenvalue weighted by atomic mass is 9.75. The van der Waals surface area contributed by atoms with Crippen molar-refractivity contribution in [1.29, 1.82) is 0 Å². The van der Waals surface area contributed by atoms with E-state index in [0.29, 0.717) is 0 Å². The monoisotopic (exact) mass is 272 g/mol. The Labute approximate surface area is 110 Å². The van der Waals surface area contributed by atoms with Crippen molar-refractivity contribution >= 4 is 9.84 Å². The molecule has 0 aromatic heterocycles. The number of hydrogen-bond acceptors (Lipinski definition) is 4. The van der Waals surface area contributed by atoms with Crippen molar-refractivity contribution < 1.29 is 8.42 Å². The summed E-state index contributed by atoms with van der Waals surface area (Å²) in [5, 5.41) is 0. The molecule has 4 unspecified atom stereocenters. The number of piperidine rings is 1. The van der Waals surface area contributed by atoms with Crippen LogP contribution in [0.25, 0.3) is 0 Å². The van der Waals surface area contributed by atoms with Crippen LogP contribution in [0.4, 0.5) is 0 Å². The van der Waals surface area contributed by atoms with Crippen LogP contribution in [-0.4, -0.2) is 50.0 Å². The average Bonchev–Trinajstić information content (AvgIpc) is 2.62. The molecule has 0 aromatic carbocycles. The van der Waals surface area contributed by atoms with E-state index in [4.69, 9.17) is 5.73 Å². The Morgan fingerprint density at radius 2 is 1.72 bits per heavy atom. The third-order valence-corrected chi connectivity index (χ3v) is 6.90. The van der Waals surface area contributed by atoms with Gasteiger partial charge in [-0.25, -0.2) is 8.42 Å². The minimum absolute atomic E-state index is 0.0814. The van der Waals surface area contributed by atoms with Crippen LogP contribution in [0.2, 0.25) is 0 Å². The van der Waals surface area contributed by atoms with Gasteiger partial charge in [0.2, 0.25) is 0 Å². The second-order valence-electron chi connectivity index (χ2n) is 6.40. The van der Waals surface area contributed by atoms with Gasteiger partial charge in [-0.05, 0) is 31.2 Å². The lowest BCUT2D eigenvalue weighted by Gasteiger charge is -2.44. The number of nitrogens with zero attached hydrogens (tertiary/aromatic N) is 1. The molecule has 3 rings (SSSR count). The number of fused-ring (bicyclic) bond motifs is 1. The highest BCUT2D eigenvalue weighted by atomic mass is 32.2. The molecular formula is C13H24N2O2S. The Hall–Kier alpha value is -0.130. The van der Waals surface area contributed by atoms with Crippen molar-refractivity contribution in [3.05, 3.63) is 0 Å². The summed E-state index contributed by atoms with van der Waals surface area (Å²) < 4.78 is 23.3. The number of likely N-dealkylation sites (tertiary alicyclic amines) is 1. The van der Waals surface area contributed by atoms with Gasteiger partial charge in [0.15, 0.2) is 9.84 Å². The highest BCUT2D eigenvalue weighted by Gasteiger charge is 2.42. The van der Waals surface area contributed by atoms with E-state index in [-0.39, 0.29) is 23.6 Å². The fourth-order valence-electron chi connectivity index (χ4n) is 4.16. The summed E-state index contributed by atoms with van der Waals surface area (Å²) in [6.45, 7) is 2.13. The fraction of sp³-hybridized carbons (Fsp3) is 1.00. The van der Waals surface area contributed by atoms with E-state index in [1.807, 2.05) is 0 Å². The van der Waals surface area contributed by atoms with Gasteiger partial charge < -0.3 is 5.73 Å². The van der Waals surface area contributed by atoms with E-state index in [1.165, 1.54) is 32.1 Å². The fourth-order valence-corrected chi connectivity index (χ4v) is 6.09. The third kappa shape index (κ3) is 2.45. The molecule has 0 amide bonds. The van der Waals surface area contributed by atoms with Crippen LogP contribution in [-0.2, 0) is 9.84 Å². The molecule has 0 radical (unpaired) electrons. The molecule has 104 valence electrons. The molecule has 0 spiro atoms. The van der Waals surface area contributed by atoms with Gasteiger partial charge in [-0.15, -0.1) is 0 Å². The van der Waals surface area contributed by atoms with E-state index in [9.17, 15) is 8.42 Å². The minimum Gasteiger partial charge on any atom is -0.325 e. The Kier molecular flexibility index (Phi) is 3.41. The van der Waals surface area contributed by atoms with Crippen molar-refractivity contribution in [2.24, 2.45) is 17.6 Å². The van der Waals surface area contributed by atoms with Crippen LogP contribution in [0.3, 0.4) is 0 Å². The molecule has 2 aliphatic heterocycles. The normalized spacial score (nSPS) is 44.7. The second kappa shape index (κ2) is 4.76. The molecular weight excluding hydrogens is 248 g/mol. The number of nitrogens with two attached hydrogens (primary N) is 1. The van der Waals surface area contributed by atoms with E-state index >= 15 is 0 Å². The minimum atomic E-state index is -2.89. The first-order chi connectivity index (χ1) is 8.55. The summed E-state index contributed by atoms with van der Waals surface area (Å²) >= 11 is 0. The van der Waals surface area contributed by atoms with Gasteiger partial charge in [-0.2, -0.15) is 0 Å². The first-order valence-electron chi connectivity index (χ1n) is 7.25. The van der Waals surface area contributed by atoms with E-state index < -0.39 is 9.84 Å². The lowest BCUT2D eigenvalue weighted by molar-refractivity contribution is 0.0594. The molecule has 2 N–H and O–H groups in total. The maximum atomic E-state index is 11.7. The van der Waals surface area contributed by atoms with Crippen molar-refractivity contribution in [1.82, 2.24) is 4.90 Å². The maximum absolute atomic E-state index is 11.7. The SMILES string of the molecule is NC1CS(=O)(=O)CC1N1CCC2CCCCC2C1. The topological polar surface area (TPSA) is 63.4 Å². The van der Waals surface area contributed by atoms with E-state index in [0.717, 1.165) is 24.9 Å². The van der Waals surface area contributed by atoms with Gasteiger partial charge in [0, 0.05) is 18.6 Å². The zero-order valence-corrected chi connectivity index (χ0v) is 11.7. The molecule has 1 saturated carbocycles. The molecule has 18 heavy (non-hydrogen) atoms. The van der Waals surface area contributed by atoms with Crippen molar-refractivity contribution in [2.75, 3.05) is 24.6 Å². The van der Waals surface area contributed by atoms with Gasteiger partial charge >= 0.3 is 0 Å². The molecule has 4 atom stereocenters. The highest BCUT2D eigenvalue weighted by Crippen LogP contribution is 2.37. The van der Waals surface area contributed by atoms with Crippen molar-refractivity contribution in [2.45, 2.75) is 44.2 Å². The molecule has 3 fully saturated rings. The van der Waals surface area contributed by atoms with Crippen LogP contribution < -0.4 is 5.73 Å². The summed E-state index contributed by atoms with van der Waals surface area (Å²) in [5.41, 5.74) is 6.03. The summed E-state index contributed by atoms with van der Waals surface area (Å²) in [6.07, 6.45) is 6.69. The predicted octanol–water partition coefficient (Wildman–Crippen LogP) is 0.623. The molecule has 2 saturated heterocycles. The van der Waals surface area contributed by atoms with Gasteiger partial charge in [0.25, 0.3) is 0 Å². The molecule has 0 aromatic rings. The van der Waals surface area contributed by atoms with Gasteiger partial charge in [-0.3, -0.25) is 4.90 Å². The van der Waals surface area contributed by atoms with E-state index in [1.54, 1.807) is 0 Å². The Morgan fingerprint density at radius 1 is 1.00 bits per heavy atom. The van der Waals surface area contributed by atoms with Crippen LogP contribution in [0, 0.1) is 11.8 Å². The van der Waals surface area contributed by atoms with Gasteiger partial charge in [0.05, 0.1) is 11.5 Å². The maximum Gasteiger partial charge on any atom is 0.153 e. The van der Waals surface area contributed by atoms with Gasteiger partial charge in [0.1, 0.15) is 0 Å². The van der Waals surface area contributed by atoms with Crippen molar-refractivity contribution in [3.63, 3.8) is 0 Å². The zero-order chi connectivity index (χ0) is 12.8. The summed E-state index contributed by atoms with van der Waals surface area (Å²) in [6, 6.07) is -0.0898. The van der Waals surface area contributed by atoms with Gasteiger partial charge in [-0.1, -0.05) is 19.3 Å². The highest BCUT2D eigenvalue weighted by molar-refractivity contribution is 7.91. The standard InChI is InChI=1S/C13H24N2O2S/c14-12-8-18(16,17)9-13(12)15-6-5-10-3-1-2-4-11(10)7-15/h10-13H,1-9,14H2. The molecule has 4 nitrogen and oxygen atoms in total. The Morgan fingerprint density at radius 3 is 2.39 bits per heavy atom. The van der Waals surface area contributed by atoms with E-state index in [2.05, 4.69) is 4.90 Å². The number of rotatable bonds is 1. The van der Waals surface area contributed by atoms with Crippen molar-refractivity contribution in [3.8, 4) is 0 Å². The second-order valence-corrected chi connectivity index (χ2v) is 8.55. The van der Waals surface area contributed by atoms with Crippen LogP contribution in [0.1, 0.15) is 32.1 Å². The van der Waals surface area contributed by atoms with Crippen LogP contribution in [0.15, 0.2) is 0 Å². The molecule has 1 aliphatic carbocycles. The summed E-state index contributed by atoms with van der Waals surface area (Å²) in [5.74, 6) is 2.15. The summed E-state index contributed by atoms with van der Waals surface area (Å²) in [7, 11) is -2.89. The Bertz CT molecular complexity index is 409. The smallest absolute Gasteiger partial charge is 0.153 e. The number of sulfone groups is 1. The first kappa shape index (κ1) is 12.9. The van der Waals surface area contributed by atoms with Crippen LogP contribution >= 0.6 is 0 Å². The third-order valence-electron chi connectivity index (χ3n) is 5.16. The average molecular weight is 272 g/mol. The first-order valence-corrected chi connectivity index (χ1v) is 9.07. The largest absolute Gasteiger partial charge is 0.325 e.